The Morgan fingerprint density at radius 1 is 0.267 bits per heavy atom. The minimum absolute atomic E-state index is 0.107. The lowest BCUT2D eigenvalue weighted by Crippen LogP contribution is -2.30. The molecule has 0 aromatic heterocycles. The molecule has 6 nitrogen and oxygen atoms in total. The number of unbranched alkanes of at least 4 members (excludes halogenated alkanes) is 21. The van der Waals surface area contributed by atoms with Gasteiger partial charge in [-0.1, -0.05) is 264 Å². The molecule has 0 saturated carbocycles. The SMILES string of the molecule is CC/C=C\C/C=C\C/C=C\C/C=C\CCCCCCCCCCCCCCCCC(=O)OCC(COC(=O)CC/C=C\C/C=C\C/C=C\C/C=C\CC)OC(=O)CCCCCCCCC/C=C\C/C=C\C/C=C\CC. The molecule has 75 heavy (non-hydrogen) atoms. The molecule has 424 valence electrons. The van der Waals surface area contributed by atoms with Gasteiger partial charge in [0.1, 0.15) is 13.2 Å². The first-order valence-electron chi connectivity index (χ1n) is 30.7. The van der Waals surface area contributed by atoms with Crippen LogP contribution in [0.2, 0.25) is 0 Å². The number of rotatable bonds is 54. The van der Waals surface area contributed by atoms with Crippen LogP contribution in [0.5, 0.6) is 0 Å². The van der Waals surface area contributed by atoms with Crippen molar-refractivity contribution in [1.29, 1.82) is 0 Å². The third-order valence-corrected chi connectivity index (χ3v) is 12.6. The Morgan fingerprint density at radius 3 is 0.827 bits per heavy atom. The number of allylic oxidation sites excluding steroid dienone is 22. The summed E-state index contributed by atoms with van der Waals surface area (Å²) < 4.78 is 16.8. The Labute approximate surface area is 462 Å². The zero-order valence-electron chi connectivity index (χ0n) is 48.5. The lowest BCUT2D eigenvalue weighted by Gasteiger charge is -2.18. The van der Waals surface area contributed by atoms with Gasteiger partial charge in [0.25, 0.3) is 0 Å². The zero-order valence-corrected chi connectivity index (χ0v) is 48.5. The molecule has 0 radical (unpaired) electrons. The third kappa shape index (κ3) is 60.3. The van der Waals surface area contributed by atoms with Crippen molar-refractivity contribution in [2.45, 2.75) is 271 Å². The van der Waals surface area contributed by atoms with Crippen LogP contribution in [0.3, 0.4) is 0 Å². The highest BCUT2D eigenvalue weighted by molar-refractivity contribution is 5.71. The molecule has 0 rings (SSSR count). The van der Waals surface area contributed by atoms with Gasteiger partial charge in [0.2, 0.25) is 0 Å². The topological polar surface area (TPSA) is 78.9 Å². The molecule has 0 amide bonds. The first-order valence-corrected chi connectivity index (χ1v) is 30.7. The van der Waals surface area contributed by atoms with E-state index in [4.69, 9.17) is 14.2 Å². The highest BCUT2D eigenvalue weighted by Crippen LogP contribution is 2.16. The van der Waals surface area contributed by atoms with Crippen molar-refractivity contribution >= 4 is 17.9 Å². The normalized spacial score (nSPS) is 13.1. The van der Waals surface area contributed by atoms with Crippen molar-refractivity contribution in [3.05, 3.63) is 134 Å². The van der Waals surface area contributed by atoms with E-state index in [0.717, 1.165) is 122 Å². The summed E-state index contributed by atoms with van der Waals surface area (Å²) in [5.41, 5.74) is 0. The summed E-state index contributed by atoms with van der Waals surface area (Å²) in [5, 5.41) is 0. The summed E-state index contributed by atoms with van der Waals surface area (Å²) in [6, 6.07) is 0. The van der Waals surface area contributed by atoms with E-state index in [2.05, 4.69) is 148 Å². The van der Waals surface area contributed by atoms with Crippen molar-refractivity contribution in [1.82, 2.24) is 0 Å². The van der Waals surface area contributed by atoms with Crippen LogP contribution in [0.25, 0.3) is 0 Å². The molecular formula is C69H112O6. The average molecular weight is 1040 g/mol. The lowest BCUT2D eigenvalue weighted by molar-refractivity contribution is -0.166. The molecule has 0 aromatic rings. The summed E-state index contributed by atoms with van der Waals surface area (Å²) in [7, 11) is 0. The minimum atomic E-state index is -0.817. The monoisotopic (exact) mass is 1040 g/mol. The number of esters is 3. The van der Waals surface area contributed by atoms with Gasteiger partial charge >= 0.3 is 17.9 Å². The summed E-state index contributed by atoms with van der Waals surface area (Å²) in [5.74, 6) is -1.00. The van der Waals surface area contributed by atoms with Gasteiger partial charge in [-0.3, -0.25) is 14.4 Å². The van der Waals surface area contributed by atoms with Crippen molar-refractivity contribution in [3.8, 4) is 0 Å². The fourth-order valence-electron chi connectivity index (χ4n) is 8.17. The predicted molar refractivity (Wildman–Crippen MR) is 325 cm³/mol. The van der Waals surface area contributed by atoms with Gasteiger partial charge in [0.15, 0.2) is 6.10 Å². The van der Waals surface area contributed by atoms with Crippen LogP contribution < -0.4 is 0 Å². The van der Waals surface area contributed by atoms with Crippen LogP contribution >= 0.6 is 0 Å². The van der Waals surface area contributed by atoms with Gasteiger partial charge in [0.05, 0.1) is 0 Å². The average Bonchev–Trinajstić information content (AvgIpc) is 3.41. The van der Waals surface area contributed by atoms with E-state index < -0.39 is 6.10 Å². The largest absolute Gasteiger partial charge is 0.462 e. The summed E-state index contributed by atoms with van der Waals surface area (Å²) in [6.07, 6.45) is 87.6. The smallest absolute Gasteiger partial charge is 0.306 e. The molecular weight excluding hydrogens is 925 g/mol. The van der Waals surface area contributed by atoms with E-state index in [9.17, 15) is 14.4 Å². The van der Waals surface area contributed by atoms with Gasteiger partial charge < -0.3 is 14.2 Å². The fraction of sp³-hybridized carbons (Fsp3) is 0.638. The van der Waals surface area contributed by atoms with Crippen molar-refractivity contribution in [3.63, 3.8) is 0 Å². The van der Waals surface area contributed by atoms with Crippen LogP contribution in [0, 0.1) is 0 Å². The van der Waals surface area contributed by atoms with E-state index in [1.165, 1.54) is 96.3 Å². The van der Waals surface area contributed by atoms with Crippen molar-refractivity contribution in [2.75, 3.05) is 13.2 Å². The Balaban J connectivity index is 4.34. The van der Waals surface area contributed by atoms with Gasteiger partial charge in [-0.25, -0.2) is 0 Å². The molecule has 0 fully saturated rings. The zero-order chi connectivity index (χ0) is 54.3. The summed E-state index contributed by atoms with van der Waals surface area (Å²) in [6.45, 7) is 6.23. The van der Waals surface area contributed by atoms with Gasteiger partial charge in [-0.2, -0.15) is 0 Å². The van der Waals surface area contributed by atoms with Crippen LogP contribution in [-0.4, -0.2) is 37.2 Å². The van der Waals surface area contributed by atoms with Gasteiger partial charge in [-0.15, -0.1) is 0 Å². The van der Waals surface area contributed by atoms with Crippen LogP contribution in [0.4, 0.5) is 0 Å². The molecule has 1 unspecified atom stereocenters. The molecule has 0 aliphatic heterocycles. The predicted octanol–water partition coefficient (Wildman–Crippen LogP) is 21.0. The molecule has 0 bridgehead atoms. The molecule has 1 atom stereocenters. The maximum atomic E-state index is 12.9. The Kier molecular flexibility index (Phi) is 58.4. The van der Waals surface area contributed by atoms with Crippen molar-refractivity contribution < 1.29 is 28.6 Å². The van der Waals surface area contributed by atoms with Crippen LogP contribution in [-0.2, 0) is 28.6 Å². The fourth-order valence-corrected chi connectivity index (χ4v) is 8.17. The quantitative estimate of drug-likeness (QED) is 0.0261. The minimum Gasteiger partial charge on any atom is -0.462 e. The third-order valence-electron chi connectivity index (χ3n) is 12.6. The van der Waals surface area contributed by atoms with Crippen LogP contribution in [0.15, 0.2) is 134 Å². The Morgan fingerprint density at radius 2 is 0.507 bits per heavy atom. The summed E-state index contributed by atoms with van der Waals surface area (Å²) >= 11 is 0. The second-order valence-electron chi connectivity index (χ2n) is 19.8. The second kappa shape index (κ2) is 62.1. The van der Waals surface area contributed by atoms with E-state index in [1.807, 2.05) is 6.08 Å². The number of carbonyl (C=O) groups excluding carboxylic acids is 3. The first-order chi connectivity index (χ1) is 37.0. The first kappa shape index (κ1) is 70.5. The highest BCUT2D eigenvalue weighted by atomic mass is 16.6. The maximum Gasteiger partial charge on any atom is 0.306 e. The molecule has 0 saturated heterocycles. The van der Waals surface area contributed by atoms with Gasteiger partial charge in [0, 0.05) is 19.3 Å². The molecule has 6 heteroatoms. The lowest BCUT2D eigenvalue weighted by atomic mass is 10.0. The molecule has 0 aliphatic carbocycles. The van der Waals surface area contributed by atoms with E-state index in [0.29, 0.717) is 19.3 Å². The number of carbonyl (C=O) groups is 3. The molecule has 0 spiro atoms. The van der Waals surface area contributed by atoms with Crippen LogP contribution in [0.1, 0.15) is 265 Å². The molecule has 0 N–H and O–H groups in total. The number of ether oxygens (including phenoxy) is 3. The number of hydrogen-bond acceptors (Lipinski definition) is 6. The summed E-state index contributed by atoms with van der Waals surface area (Å²) in [4.78, 5) is 38.2. The van der Waals surface area contributed by atoms with E-state index in [1.54, 1.807) is 0 Å². The van der Waals surface area contributed by atoms with Crippen molar-refractivity contribution in [2.24, 2.45) is 0 Å². The maximum absolute atomic E-state index is 12.9. The second-order valence-corrected chi connectivity index (χ2v) is 19.8. The van der Waals surface area contributed by atoms with Gasteiger partial charge in [-0.05, 0) is 116 Å². The molecule has 0 heterocycles. The Bertz CT molecular complexity index is 1620. The number of hydrogen-bond donors (Lipinski definition) is 0. The molecule has 0 aliphatic rings. The standard InChI is InChI=1S/C69H112O6/c1-4-7-10-13-16-19-22-25-27-29-30-31-32-33-34-35-36-37-38-40-41-44-47-50-53-56-59-62-68(71)74-65-66(64-73-67(70)61-58-55-52-49-46-43-24-21-18-15-12-9-6-3)75-69(72)63-60-57-54-51-48-45-42-39-28-26-23-20-17-14-11-8-5-2/h7-12,16-21,25-28,30-31,43,46,52,55,66H,4-6,13-15,22-24,29,32-42,44-45,47-51,53-54,56-65H2,1-3H3/b10-7-,11-8-,12-9-,19-16-,20-17-,21-18-,27-25-,28-26-,31-30-,46-43-,55-52-. The molecule has 0 aromatic carbocycles. The van der Waals surface area contributed by atoms with E-state index >= 15 is 0 Å². The Hall–Kier alpha value is -4.45. The van der Waals surface area contributed by atoms with E-state index in [-0.39, 0.29) is 37.5 Å². The highest BCUT2D eigenvalue weighted by Gasteiger charge is 2.19.